The van der Waals surface area contributed by atoms with Crippen LogP contribution in [0.4, 0.5) is 11.5 Å². The second-order valence-electron chi connectivity index (χ2n) is 7.71. The van der Waals surface area contributed by atoms with E-state index in [1.54, 1.807) is 60.7 Å². The highest BCUT2D eigenvalue weighted by molar-refractivity contribution is 6.30. The van der Waals surface area contributed by atoms with E-state index in [2.05, 4.69) is 16.4 Å². The fraction of sp³-hybridized carbons (Fsp3) is 0.0741. The van der Waals surface area contributed by atoms with Crippen molar-refractivity contribution in [2.24, 2.45) is 0 Å². The molecule has 0 atom stereocenters. The molecule has 0 aliphatic carbocycles. The average Bonchev–Trinajstić information content (AvgIpc) is 2.92. The maximum absolute atomic E-state index is 13.0. The number of aromatic nitrogens is 1. The summed E-state index contributed by atoms with van der Waals surface area (Å²) in [6, 6.07) is 22.9. The molecule has 0 saturated carbocycles. The second kappa shape index (κ2) is 11.3. The number of carbonyl (C=O) groups excluding carboxylic acids is 1. The monoisotopic (exact) mass is 514 g/mol. The van der Waals surface area contributed by atoms with Gasteiger partial charge in [-0.2, -0.15) is 5.26 Å². The molecule has 0 radical (unpaired) electrons. The highest BCUT2D eigenvalue weighted by Gasteiger charge is 2.21. The molecule has 4 rings (SSSR count). The van der Waals surface area contributed by atoms with Crippen molar-refractivity contribution in [2.75, 3.05) is 19.2 Å². The second-order valence-corrected chi connectivity index (χ2v) is 8.15. The van der Waals surface area contributed by atoms with Gasteiger partial charge in [0.2, 0.25) is 0 Å². The molecular formula is C27H19ClN4O5. The number of carbonyl (C=O) groups is 1. The zero-order valence-corrected chi connectivity index (χ0v) is 20.2. The van der Waals surface area contributed by atoms with E-state index in [9.17, 15) is 20.2 Å². The lowest BCUT2D eigenvalue weighted by atomic mass is 9.97. The number of pyridine rings is 1. The van der Waals surface area contributed by atoms with Crippen molar-refractivity contribution in [3.8, 4) is 34.2 Å². The van der Waals surface area contributed by atoms with Gasteiger partial charge in [0.25, 0.3) is 11.6 Å². The van der Waals surface area contributed by atoms with Crippen LogP contribution in [-0.2, 0) is 4.74 Å². The summed E-state index contributed by atoms with van der Waals surface area (Å²) in [5.74, 6) is -0.126. The summed E-state index contributed by atoms with van der Waals surface area (Å²) in [5, 5.41) is 24.6. The molecule has 1 aromatic heterocycles. The molecule has 37 heavy (non-hydrogen) atoms. The van der Waals surface area contributed by atoms with Gasteiger partial charge in [0, 0.05) is 41.0 Å². The van der Waals surface area contributed by atoms with Crippen LogP contribution in [0.1, 0.15) is 15.9 Å². The number of rotatable bonds is 8. The topological polar surface area (TPSA) is 127 Å². The number of methoxy groups -OCH3 is 1. The molecule has 0 aliphatic heterocycles. The molecule has 184 valence electrons. The van der Waals surface area contributed by atoms with Crippen LogP contribution >= 0.6 is 11.6 Å². The van der Waals surface area contributed by atoms with E-state index in [0.29, 0.717) is 38.7 Å². The molecule has 0 bridgehead atoms. The maximum Gasteiger partial charge on any atom is 0.270 e. The van der Waals surface area contributed by atoms with Crippen molar-refractivity contribution in [1.29, 1.82) is 5.26 Å². The number of nitro benzene ring substituents is 1. The normalized spacial score (nSPS) is 10.4. The first-order valence-corrected chi connectivity index (χ1v) is 11.3. The Labute approximate surface area is 217 Å². The van der Waals surface area contributed by atoms with E-state index >= 15 is 0 Å². The Kier molecular flexibility index (Phi) is 7.74. The number of benzene rings is 3. The lowest BCUT2D eigenvalue weighted by molar-refractivity contribution is -0.384. The van der Waals surface area contributed by atoms with Crippen molar-refractivity contribution in [3.63, 3.8) is 0 Å². The Hall–Kier alpha value is -4.78. The van der Waals surface area contributed by atoms with Crippen LogP contribution in [0.2, 0.25) is 5.02 Å². The van der Waals surface area contributed by atoms with Crippen LogP contribution in [0.5, 0.6) is 5.75 Å². The molecule has 0 aliphatic rings. The first-order valence-electron chi connectivity index (χ1n) is 10.9. The summed E-state index contributed by atoms with van der Waals surface area (Å²) >= 11 is 6.17. The predicted molar refractivity (Wildman–Crippen MR) is 138 cm³/mol. The summed E-state index contributed by atoms with van der Waals surface area (Å²) < 4.78 is 10.7. The molecule has 1 amide bonds. The van der Waals surface area contributed by atoms with E-state index < -0.39 is 10.8 Å². The predicted octanol–water partition coefficient (Wildman–Crippen LogP) is 6.08. The van der Waals surface area contributed by atoms with Gasteiger partial charge in [0.15, 0.2) is 12.6 Å². The number of amides is 1. The van der Waals surface area contributed by atoms with E-state index in [1.807, 2.05) is 0 Å². The van der Waals surface area contributed by atoms with Crippen molar-refractivity contribution in [2.45, 2.75) is 0 Å². The van der Waals surface area contributed by atoms with Crippen molar-refractivity contribution < 1.29 is 19.2 Å². The van der Waals surface area contributed by atoms with Gasteiger partial charge in [-0.15, -0.1) is 0 Å². The molecule has 9 nitrogen and oxygen atoms in total. The number of nitrogens with one attached hydrogen (secondary N) is 1. The van der Waals surface area contributed by atoms with Gasteiger partial charge in [-0.25, -0.2) is 4.98 Å². The lowest BCUT2D eigenvalue weighted by Gasteiger charge is -2.16. The Morgan fingerprint density at radius 1 is 1.08 bits per heavy atom. The van der Waals surface area contributed by atoms with Gasteiger partial charge >= 0.3 is 0 Å². The van der Waals surface area contributed by atoms with Crippen LogP contribution in [0, 0.1) is 21.4 Å². The van der Waals surface area contributed by atoms with E-state index in [1.165, 1.54) is 25.3 Å². The van der Waals surface area contributed by atoms with Gasteiger partial charge in [-0.1, -0.05) is 41.9 Å². The summed E-state index contributed by atoms with van der Waals surface area (Å²) in [7, 11) is 1.47. The molecule has 10 heteroatoms. The smallest absolute Gasteiger partial charge is 0.270 e. The Bertz CT molecular complexity index is 1520. The minimum Gasteiger partial charge on any atom is -0.467 e. The Morgan fingerprint density at radius 2 is 1.86 bits per heavy atom. The number of nitrogens with zero attached hydrogens (tertiary/aromatic N) is 3. The largest absolute Gasteiger partial charge is 0.467 e. The van der Waals surface area contributed by atoms with Crippen LogP contribution in [0.3, 0.4) is 0 Å². The summed E-state index contributed by atoms with van der Waals surface area (Å²) in [6.07, 6.45) is 0. The first kappa shape index (κ1) is 25.3. The van der Waals surface area contributed by atoms with Crippen LogP contribution in [0.15, 0.2) is 78.9 Å². The van der Waals surface area contributed by atoms with Crippen LogP contribution in [0.25, 0.3) is 22.4 Å². The summed E-state index contributed by atoms with van der Waals surface area (Å²) in [5.41, 5.74) is 1.85. The van der Waals surface area contributed by atoms with Gasteiger partial charge < -0.3 is 14.8 Å². The number of nitriles is 1. The molecule has 1 N–H and O–H groups in total. The lowest BCUT2D eigenvalue weighted by Crippen LogP contribution is -2.15. The van der Waals surface area contributed by atoms with Crippen molar-refractivity contribution >= 4 is 29.0 Å². The van der Waals surface area contributed by atoms with Crippen LogP contribution < -0.4 is 10.1 Å². The summed E-state index contributed by atoms with van der Waals surface area (Å²) in [6.45, 7) is -0.0566. The number of anilines is 1. The minimum absolute atomic E-state index is 0.0111. The third-order valence-corrected chi connectivity index (χ3v) is 5.55. The zero-order chi connectivity index (χ0) is 26.4. The molecule has 0 fully saturated rings. The quantitative estimate of drug-likeness (QED) is 0.171. The van der Waals surface area contributed by atoms with Gasteiger partial charge in [-0.3, -0.25) is 14.9 Å². The minimum atomic E-state index is -0.522. The van der Waals surface area contributed by atoms with Crippen molar-refractivity contribution in [1.82, 2.24) is 4.98 Å². The number of hydrogen-bond donors (Lipinski definition) is 1. The molecule has 3 aromatic carbocycles. The van der Waals surface area contributed by atoms with E-state index in [4.69, 9.17) is 21.1 Å². The SMILES string of the molecule is COCOc1cc(Cl)ccc1-c1cc(-c2cccc([N+](=O)[O-])c2)c(C#N)c(NC(=O)c2ccccc2)n1. The molecule has 0 saturated heterocycles. The van der Waals surface area contributed by atoms with Crippen LogP contribution in [-0.4, -0.2) is 29.7 Å². The van der Waals surface area contributed by atoms with Gasteiger partial charge in [0.05, 0.1) is 10.6 Å². The molecular weight excluding hydrogens is 496 g/mol. The van der Waals surface area contributed by atoms with Crippen molar-refractivity contribution in [3.05, 3.63) is 105 Å². The number of halogens is 1. The molecule has 0 spiro atoms. The van der Waals surface area contributed by atoms with Gasteiger partial charge in [-0.05, 0) is 42.0 Å². The fourth-order valence-corrected chi connectivity index (χ4v) is 3.78. The fourth-order valence-electron chi connectivity index (χ4n) is 3.62. The number of nitro groups is 1. The third-order valence-electron chi connectivity index (χ3n) is 5.32. The average molecular weight is 515 g/mol. The molecule has 4 aromatic rings. The number of hydrogen-bond acceptors (Lipinski definition) is 7. The number of ether oxygens (including phenoxy) is 2. The first-order chi connectivity index (χ1) is 17.9. The van der Waals surface area contributed by atoms with E-state index in [0.717, 1.165) is 0 Å². The Morgan fingerprint density at radius 3 is 2.57 bits per heavy atom. The molecule has 1 heterocycles. The number of non-ortho nitro benzene ring substituents is 1. The molecule has 0 unspecified atom stereocenters. The standard InChI is InChI=1S/C27H19ClN4O5/c1-36-16-37-25-13-19(28)10-11-21(25)24-14-22(18-8-5-9-20(12-18)32(34)35)23(15-29)26(30-24)31-27(33)17-6-3-2-4-7-17/h2-14H,16H2,1H3,(H,30,31,33). The van der Waals surface area contributed by atoms with E-state index in [-0.39, 0.29) is 23.9 Å². The highest BCUT2D eigenvalue weighted by Crippen LogP contribution is 2.38. The Balaban J connectivity index is 1.93. The maximum atomic E-state index is 13.0. The highest BCUT2D eigenvalue weighted by atomic mass is 35.5. The zero-order valence-electron chi connectivity index (χ0n) is 19.5. The van der Waals surface area contributed by atoms with Gasteiger partial charge in [0.1, 0.15) is 17.4 Å². The summed E-state index contributed by atoms with van der Waals surface area (Å²) in [4.78, 5) is 28.4. The third kappa shape index (κ3) is 5.73.